The molecule has 1 aromatic rings. The molecule has 6 nitrogen and oxygen atoms in total. The zero-order chi connectivity index (χ0) is 15.5. The lowest BCUT2D eigenvalue weighted by Gasteiger charge is -2.23. The molecule has 1 saturated heterocycles. The molecule has 0 spiro atoms. The van der Waals surface area contributed by atoms with Gasteiger partial charge < -0.3 is 14.6 Å². The summed E-state index contributed by atoms with van der Waals surface area (Å²) in [6.45, 7) is 0.626. The lowest BCUT2D eigenvalue weighted by Crippen LogP contribution is -2.39. The monoisotopic (exact) mass is 339 g/mol. The summed E-state index contributed by atoms with van der Waals surface area (Å²) in [5.74, 6) is -0.902. The molecule has 1 unspecified atom stereocenters. The summed E-state index contributed by atoms with van der Waals surface area (Å²) in [6.07, 6.45) is -0.386. The van der Waals surface area contributed by atoms with Crippen molar-refractivity contribution >= 4 is 21.6 Å². The molecule has 2 rings (SSSR count). The zero-order valence-electron chi connectivity index (χ0n) is 11.0. The number of aliphatic hydroxyl groups excluding tert-OH is 1. The van der Waals surface area contributed by atoms with E-state index in [1.54, 1.807) is 0 Å². The Balaban J connectivity index is 2.13. The minimum absolute atomic E-state index is 0.00860. The van der Waals surface area contributed by atoms with E-state index < -0.39 is 22.4 Å². The van der Waals surface area contributed by atoms with E-state index in [1.165, 1.54) is 0 Å². The van der Waals surface area contributed by atoms with E-state index in [0.717, 1.165) is 12.1 Å². The second-order valence-corrected chi connectivity index (χ2v) is 6.60. The van der Waals surface area contributed by atoms with Gasteiger partial charge in [0.15, 0.2) is 0 Å². The Morgan fingerprint density at radius 2 is 2.19 bits per heavy atom. The van der Waals surface area contributed by atoms with Gasteiger partial charge in [0.25, 0.3) is 0 Å². The Morgan fingerprint density at radius 1 is 1.43 bits per heavy atom. The fraction of sp³-hybridized carbons (Fsp3) is 0.500. The molecule has 1 aliphatic rings. The summed E-state index contributed by atoms with van der Waals surface area (Å²) in [5, 5.41) is 8.77. The average Bonchev–Trinajstić information content (AvgIpc) is 2.49. The summed E-state index contributed by atoms with van der Waals surface area (Å²) in [6, 6.07) is 1.94. The fourth-order valence-electron chi connectivity index (χ4n) is 1.83. The van der Waals surface area contributed by atoms with Crippen molar-refractivity contribution in [1.29, 1.82) is 0 Å². The van der Waals surface area contributed by atoms with Gasteiger partial charge in [0.05, 0.1) is 42.4 Å². The van der Waals surface area contributed by atoms with E-state index in [9.17, 15) is 12.8 Å². The molecule has 0 aromatic heterocycles. The third-order valence-electron chi connectivity index (χ3n) is 2.94. The number of benzene rings is 1. The third-order valence-corrected chi connectivity index (χ3v) is 4.77. The summed E-state index contributed by atoms with van der Waals surface area (Å²) in [5.41, 5.74) is 0.00860. The van der Waals surface area contributed by atoms with Gasteiger partial charge in [0.1, 0.15) is 5.82 Å². The number of hydrogen-bond acceptors (Lipinski definition) is 5. The van der Waals surface area contributed by atoms with Crippen LogP contribution in [0.15, 0.2) is 17.0 Å². The normalized spacial score (nSPS) is 19.7. The minimum Gasteiger partial charge on any atom is -0.392 e. The van der Waals surface area contributed by atoms with Gasteiger partial charge in [-0.2, -0.15) is 0 Å². The number of aliphatic hydroxyl groups is 1. The Hall–Kier alpha value is -0.770. The molecule has 0 amide bonds. The maximum absolute atomic E-state index is 13.6. The first kappa shape index (κ1) is 16.6. The van der Waals surface area contributed by atoms with Crippen molar-refractivity contribution in [3.8, 4) is 0 Å². The predicted molar refractivity (Wildman–Crippen MR) is 73.1 cm³/mol. The Labute approximate surface area is 126 Å². The Morgan fingerprint density at radius 3 is 2.81 bits per heavy atom. The van der Waals surface area contributed by atoms with Gasteiger partial charge >= 0.3 is 0 Å². The van der Waals surface area contributed by atoms with Gasteiger partial charge in [0, 0.05) is 12.1 Å². The van der Waals surface area contributed by atoms with E-state index in [-0.39, 0.29) is 28.1 Å². The van der Waals surface area contributed by atoms with E-state index in [2.05, 4.69) is 4.72 Å². The second kappa shape index (κ2) is 6.99. The van der Waals surface area contributed by atoms with Crippen molar-refractivity contribution in [3.63, 3.8) is 0 Å². The predicted octanol–water partition coefficient (Wildman–Crippen LogP) is 0.665. The molecule has 1 aromatic carbocycles. The van der Waals surface area contributed by atoms with E-state index in [4.69, 9.17) is 26.2 Å². The van der Waals surface area contributed by atoms with Crippen molar-refractivity contribution in [1.82, 2.24) is 4.72 Å². The topological polar surface area (TPSA) is 84.9 Å². The number of nitrogens with one attached hydrogen (secondary N) is 1. The molecule has 0 aliphatic carbocycles. The zero-order valence-corrected chi connectivity index (χ0v) is 12.6. The van der Waals surface area contributed by atoms with E-state index in [0.29, 0.717) is 19.8 Å². The van der Waals surface area contributed by atoms with Gasteiger partial charge in [-0.3, -0.25) is 0 Å². The largest absolute Gasteiger partial charge is 0.392 e. The van der Waals surface area contributed by atoms with Crippen molar-refractivity contribution < 1.29 is 27.4 Å². The fourth-order valence-corrected chi connectivity index (χ4v) is 3.13. The average molecular weight is 340 g/mol. The van der Waals surface area contributed by atoms with Crippen LogP contribution in [0.25, 0.3) is 0 Å². The van der Waals surface area contributed by atoms with E-state index >= 15 is 0 Å². The Kier molecular flexibility index (Phi) is 5.53. The SMILES string of the molecule is O=S(=O)(NCC1COCCO1)c1cc(F)c(Cl)c(CO)c1. The first-order valence-corrected chi connectivity index (χ1v) is 8.08. The molecular weight excluding hydrogens is 325 g/mol. The van der Waals surface area contributed by atoms with Crippen LogP contribution in [0.1, 0.15) is 5.56 Å². The molecular formula is C12H15ClFNO5S. The number of rotatable bonds is 5. The third kappa shape index (κ3) is 4.12. The van der Waals surface area contributed by atoms with Crippen molar-refractivity contribution in [3.05, 3.63) is 28.5 Å². The number of sulfonamides is 1. The van der Waals surface area contributed by atoms with Crippen LogP contribution in [0.5, 0.6) is 0 Å². The van der Waals surface area contributed by atoms with Gasteiger partial charge in [0.2, 0.25) is 10.0 Å². The van der Waals surface area contributed by atoms with Crippen LogP contribution in [0.3, 0.4) is 0 Å². The standard InChI is InChI=1S/C12H15ClFNO5S/c13-12-8(6-16)3-10(4-11(12)14)21(17,18)15-5-9-7-19-1-2-20-9/h3-4,9,15-16H,1-2,5-7H2. The highest BCUT2D eigenvalue weighted by atomic mass is 35.5. The summed E-state index contributed by atoms with van der Waals surface area (Å²) in [7, 11) is -3.93. The molecule has 0 bridgehead atoms. The van der Waals surface area contributed by atoms with Gasteiger partial charge in [-0.1, -0.05) is 11.6 Å². The van der Waals surface area contributed by atoms with Crippen LogP contribution in [-0.4, -0.2) is 46.0 Å². The number of ether oxygens (including phenoxy) is 2. The van der Waals surface area contributed by atoms with Crippen LogP contribution in [0, 0.1) is 5.82 Å². The molecule has 21 heavy (non-hydrogen) atoms. The van der Waals surface area contributed by atoms with Crippen LogP contribution in [0.2, 0.25) is 5.02 Å². The highest BCUT2D eigenvalue weighted by molar-refractivity contribution is 7.89. The minimum atomic E-state index is -3.93. The molecule has 1 heterocycles. The smallest absolute Gasteiger partial charge is 0.240 e. The highest BCUT2D eigenvalue weighted by Crippen LogP contribution is 2.24. The number of hydrogen-bond donors (Lipinski definition) is 2. The van der Waals surface area contributed by atoms with Crippen molar-refractivity contribution in [2.45, 2.75) is 17.6 Å². The molecule has 0 saturated carbocycles. The summed E-state index contributed by atoms with van der Waals surface area (Å²) in [4.78, 5) is -0.301. The van der Waals surface area contributed by atoms with E-state index in [1.807, 2.05) is 0 Å². The van der Waals surface area contributed by atoms with Gasteiger partial charge in [-0.25, -0.2) is 17.5 Å². The molecule has 1 fully saturated rings. The maximum Gasteiger partial charge on any atom is 0.240 e. The molecule has 1 atom stereocenters. The summed E-state index contributed by atoms with van der Waals surface area (Å²) >= 11 is 5.63. The molecule has 0 radical (unpaired) electrons. The molecule has 1 aliphatic heterocycles. The maximum atomic E-state index is 13.6. The van der Waals surface area contributed by atoms with Gasteiger partial charge in [-0.15, -0.1) is 0 Å². The molecule has 2 N–H and O–H groups in total. The van der Waals surface area contributed by atoms with Crippen LogP contribution in [0.4, 0.5) is 4.39 Å². The first-order valence-electron chi connectivity index (χ1n) is 6.22. The van der Waals surface area contributed by atoms with Crippen molar-refractivity contribution in [2.75, 3.05) is 26.4 Å². The van der Waals surface area contributed by atoms with Crippen LogP contribution >= 0.6 is 11.6 Å². The quantitative estimate of drug-likeness (QED) is 0.823. The summed E-state index contributed by atoms with van der Waals surface area (Å²) < 4.78 is 50.6. The second-order valence-electron chi connectivity index (χ2n) is 4.46. The van der Waals surface area contributed by atoms with Crippen molar-refractivity contribution in [2.24, 2.45) is 0 Å². The van der Waals surface area contributed by atoms with Gasteiger partial charge in [-0.05, 0) is 12.1 Å². The van der Waals surface area contributed by atoms with Crippen LogP contribution < -0.4 is 4.72 Å². The lowest BCUT2D eigenvalue weighted by atomic mass is 10.2. The Bertz CT molecular complexity index is 604. The highest BCUT2D eigenvalue weighted by Gasteiger charge is 2.22. The number of halogens is 2. The first-order chi connectivity index (χ1) is 9.94. The lowest BCUT2D eigenvalue weighted by molar-refractivity contribution is -0.0846. The van der Waals surface area contributed by atoms with Crippen LogP contribution in [-0.2, 0) is 26.1 Å². The molecule has 118 valence electrons. The molecule has 9 heteroatoms.